The molecule has 0 unspecified atom stereocenters. The van der Waals surface area contributed by atoms with E-state index in [2.05, 4.69) is 15.6 Å². The summed E-state index contributed by atoms with van der Waals surface area (Å²) in [6, 6.07) is -0.431. The smallest absolute Gasteiger partial charge is 0.324 e. The van der Waals surface area contributed by atoms with Crippen molar-refractivity contribution >= 4 is 17.8 Å². The van der Waals surface area contributed by atoms with Crippen LogP contribution < -0.4 is 16.6 Å². The first-order valence-electron chi connectivity index (χ1n) is 5.11. The monoisotopic (exact) mass is 253 g/mol. The molecular formula is C8H11N7O3. The quantitative estimate of drug-likeness (QED) is 0.233. The predicted molar refractivity (Wildman–Crippen MR) is 56.8 cm³/mol. The Morgan fingerprint density at radius 1 is 1.50 bits per heavy atom. The van der Waals surface area contributed by atoms with Crippen molar-refractivity contribution in [1.82, 2.24) is 30.6 Å². The Hall–Kier alpha value is -2.49. The minimum absolute atomic E-state index is 0.0109. The fourth-order valence-electron chi connectivity index (χ4n) is 1.47. The second kappa shape index (κ2) is 4.79. The first kappa shape index (κ1) is 12.0. The van der Waals surface area contributed by atoms with E-state index in [-0.39, 0.29) is 31.2 Å². The summed E-state index contributed by atoms with van der Waals surface area (Å²) in [4.78, 5) is 34.7. The predicted octanol–water partition coefficient (Wildman–Crippen LogP) is -2.57. The van der Waals surface area contributed by atoms with Gasteiger partial charge in [0.15, 0.2) is 5.69 Å². The Morgan fingerprint density at radius 2 is 2.28 bits per heavy atom. The molecule has 10 nitrogen and oxygen atoms in total. The largest absolute Gasteiger partial charge is 0.329 e. The van der Waals surface area contributed by atoms with Gasteiger partial charge >= 0.3 is 6.03 Å². The third-order valence-electron chi connectivity index (χ3n) is 2.39. The van der Waals surface area contributed by atoms with Gasteiger partial charge in [0.05, 0.1) is 25.8 Å². The van der Waals surface area contributed by atoms with Crippen molar-refractivity contribution in [3.8, 4) is 0 Å². The topological polar surface area (TPSA) is 135 Å². The first-order valence-corrected chi connectivity index (χ1v) is 5.11. The lowest BCUT2D eigenvalue weighted by Gasteiger charge is -2.11. The molecule has 1 saturated heterocycles. The van der Waals surface area contributed by atoms with Crippen LogP contribution >= 0.6 is 0 Å². The Bertz CT molecular complexity index is 481. The summed E-state index contributed by atoms with van der Waals surface area (Å²) in [6.07, 6.45) is 1.38. The van der Waals surface area contributed by atoms with Crippen LogP contribution in [0.15, 0.2) is 6.20 Å². The van der Waals surface area contributed by atoms with E-state index in [0.717, 1.165) is 4.90 Å². The number of carbonyl (C=O) groups is 3. The molecule has 2 rings (SSSR count). The van der Waals surface area contributed by atoms with Crippen molar-refractivity contribution in [2.45, 2.75) is 6.54 Å². The number of imide groups is 1. The van der Waals surface area contributed by atoms with Crippen LogP contribution in [-0.4, -0.2) is 50.8 Å². The van der Waals surface area contributed by atoms with Gasteiger partial charge in [-0.05, 0) is 0 Å². The number of nitrogen functional groups attached to an aromatic ring is 1. The molecule has 4 amide bonds. The summed E-state index contributed by atoms with van der Waals surface area (Å²) in [5.74, 6) is 4.09. The molecule has 0 radical (unpaired) electrons. The maximum absolute atomic E-state index is 11.3. The van der Waals surface area contributed by atoms with E-state index < -0.39 is 11.9 Å². The van der Waals surface area contributed by atoms with Crippen LogP contribution in [0.5, 0.6) is 0 Å². The zero-order valence-electron chi connectivity index (χ0n) is 9.29. The van der Waals surface area contributed by atoms with Crippen molar-refractivity contribution in [3.05, 3.63) is 11.9 Å². The van der Waals surface area contributed by atoms with Gasteiger partial charge in [-0.2, -0.15) is 0 Å². The van der Waals surface area contributed by atoms with Gasteiger partial charge in [-0.3, -0.25) is 19.9 Å². The lowest BCUT2D eigenvalue weighted by Crippen LogP contribution is -2.34. The number of carbonyl (C=O) groups excluding carboxylic acids is 3. The molecule has 1 aliphatic heterocycles. The first-order chi connectivity index (χ1) is 8.61. The lowest BCUT2D eigenvalue weighted by atomic mass is 10.4. The molecule has 18 heavy (non-hydrogen) atoms. The van der Waals surface area contributed by atoms with Crippen LogP contribution in [0.25, 0.3) is 0 Å². The Labute approximate surface area is 101 Å². The van der Waals surface area contributed by atoms with Crippen molar-refractivity contribution in [2.75, 3.05) is 13.1 Å². The fraction of sp³-hybridized carbons (Fsp3) is 0.375. The zero-order valence-corrected chi connectivity index (χ0v) is 9.29. The van der Waals surface area contributed by atoms with Crippen LogP contribution in [0.1, 0.15) is 10.5 Å². The highest BCUT2D eigenvalue weighted by Crippen LogP contribution is 2.00. The Morgan fingerprint density at radius 3 is 2.89 bits per heavy atom. The summed E-state index contributed by atoms with van der Waals surface area (Å²) in [6.45, 7) is 0.429. The highest BCUT2D eigenvalue weighted by Gasteiger charge is 2.27. The lowest BCUT2D eigenvalue weighted by molar-refractivity contribution is -0.125. The molecular weight excluding hydrogens is 242 g/mol. The van der Waals surface area contributed by atoms with E-state index >= 15 is 0 Å². The molecule has 0 bridgehead atoms. The Kier molecular flexibility index (Phi) is 3.19. The summed E-state index contributed by atoms with van der Waals surface area (Å²) < 4.78 is 1.35. The minimum Gasteiger partial charge on any atom is -0.329 e. The summed E-state index contributed by atoms with van der Waals surface area (Å²) in [5, 5.41) is 9.66. The van der Waals surface area contributed by atoms with Gasteiger partial charge in [0.1, 0.15) is 0 Å². The third kappa shape index (κ3) is 2.27. The molecule has 0 saturated carbocycles. The van der Waals surface area contributed by atoms with Crippen molar-refractivity contribution in [2.24, 2.45) is 5.84 Å². The average molecular weight is 253 g/mol. The fourth-order valence-corrected chi connectivity index (χ4v) is 1.47. The molecule has 1 fully saturated rings. The number of amides is 4. The molecule has 1 aromatic rings. The number of hydrogen-bond donors (Lipinski definition) is 3. The van der Waals surface area contributed by atoms with Crippen molar-refractivity contribution in [3.63, 3.8) is 0 Å². The second-order valence-corrected chi connectivity index (χ2v) is 3.54. The summed E-state index contributed by atoms with van der Waals surface area (Å²) in [7, 11) is 0. The normalized spacial score (nSPS) is 14.8. The van der Waals surface area contributed by atoms with Crippen molar-refractivity contribution in [1.29, 1.82) is 0 Å². The number of hydrogen-bond acceptors (Lipinski definition) is 6. The van der Waals surface area contributed by atoms with Gasteiger partial charge in [0.2, 0.25) is 5.91 Å². The number of urea groups is 1. The SMILES string of the molecule is NNC(=O)c1cn(CCN2C(=O)CNC2=O)nn1. The average Bonchev–Trinajstić information content (AvgIpc) is 2.95. The number of nitrogens with one attached hydrogen (secondary N) is 2. The van der Waals surface area contributed by atoms with E-state index in [1.54, 1.807) is 0 Å². The molecule has 0 atom stereocenters. The minimum atomic E-state index is -0.559. The highest BCUT2D eigenvalue weighted by molar-refractivity contribution is 6.01. The molecule has 2 heterocycles. The number of rotatable bonds is 4. The second-order valence-electron chi connectivity index (χ2n) is 3.54. The van der Waals surface area contributed by atoms with Gasteiger partial charge in [-0.1, -0.05) is 5.21 Å². The third-order valence-corrected chi connectivity index (χ3v) is 2.39. The van der Waals surface area contributed by atoms with Crippen molar-refractivity contribution < 1.29 is 14.4 Å². The van der Waals surface area contributed by atoms with Crippen LogP contribution in [-0.2, 0) is 11.3 Å². The van der Waals surface area contributed by atoms with E-state index in [0.29, 0.717) is 0 Å². The summed E-state index contributed by atoms with van der Waals surface area (Å²) >= 11 is 0. The zero-order chi connectivity index (χ0) is 13.1. The molecule has 96 valence electrons. The number of nitrogens with zero attached hydrogens (tertiary/aromatic N) is 4. The van der Waals surface area contributed by atoms with Crippen LogP contribution in [0.4, 0.5) is 4.79 Å². The van der Waals surface area contributed by atoms with Gasteiger partial charge in [0, 0.05) is 0 Å². The van der Waals surface area contributed by atoms with E-state index in [4.69, 9.17) is 5.84 Å². The summed E-state index contributed by atoms with van der Waals surface area (Å²) in [5.41, 5.74) is 1.99. The van der Waals surface area contributed by atoms with Gasteiger partial charge < -0.3 is 5.32 Å². The molecule has 0 aliphatic carbocycles. The van der Waals surface area contributed by atoms with Crippen LogP contribution in [0, 0.1) is 0 Å². The molecule has 1 aliphatic rings. The number of hydrazine groups is 1. The van der Waals surface area contributed by atoms with Crippen LogP contribution in [0.3, 0.4) is 0 Å². The van der Waals surface area contributed by atoms with Gasteiger partial charge in [0.25, 0.3) is 5.91 Å². The maximum Gasteiger partial charge on any atom is 0.324 e. The van der Waals surface area contributed by atoms with Crippen LogP contribution in [0.2, 0.25) is 0 Å². The van der Waals surface area contributed by atoms with E-state index in [1.807, 2.05) is 5.43 Å². The molecule has 10 heteroatoms. The number of nitrogens with two attached hydrogens (primary N) is 1. The molecule has 0 aromatic carbocycles. The molecule has 4 N–H and O–H groups in total. The highest BCUT2D eigenvalue weighted by atomic mass is 16.2. The maximum atomic E-state index is 11.3. The van der Waals surface area contributed by atoms with Gasteiger partial charge in [-0.15, -0.1) is 5.10 Å². The van der Waals surface area contributed by atoms with E-state index in [9.17, 15) is 14.4 Å². The molecule has 0 spiro atoms. The van der Waals surface area contributed by atoms with Gasteiger partial charge in [-0.25, -0.2) is 15.3 Å². The molecule has 1 aromatic heterocycles. The Balaban J connectivity index is 1.94. The number of aromatic nitrogens is 3. The standard InChI is InChI=1S/C8H11N7O3/c9-11-7(17)5-4-14(13-12-5)1-2-15-6(16)3-10-8(15)18/h4H,1-3,9H2,(H,10,18)(H,11,17). The van der Waals surface area contributed by atoms with E-state index in [1.165, 1.54) is 10.9 Å².